The second-order valence-corrected chi connectivity index (χ2v) is 3.87. The molecule has 14 heavy (non-hydrogen) atoms. The number of nitrogens with two attached hydrogens (primary N) is 1. The highest BCUT2D eigenvalue weighted by atomic mass is 16.5. The summed E-state index contributed by atoms with van der Waals surface area (Å²) in [6.07, 6.45) is 5.03. The lowest BCUT2D eigenvalue weighted by Gasteiger charge is -2.18. The molecule has 1 saturated carbocycles. The molecule has 0 bridgehead atoms. The molecule has 76 valence electrons. The predicted octanol–water partition coefficient (Wildman–Crippen LogP) is 2.60. The molecule has 1 aliphatic rings. The number of ether oxygens (including phenoxy) is 1. The molecule has 2 nitrogen and oxygen atoms in total. The Labute approximate surface area is 85.1 Å². The maximum absolute atomic E-state index is 5.95. The summed E-state index contributed by atoms with van der Waals surface area (Å²) in [6.45, 7) is 0. The fourth-order valence-electron chi connectivity index (χ4n) is 1.95. The van der Waals surface area contributed by atoms with Gasteiger partial charge in [0, 0.05) is 0 Å². The van der Waals surface area contributed by atoms with Crippen molar-refractivity contribution in [3.8, 4) is 0 Å². The minimum atomic E-state index is -0.251. The minimum Gasteiger partial charge on any atom is -0.356 e. The van der Waals surface area contributed by atoms with Gasteiger partial charge in [0.1, 0.15) is 6.23 Å². The van der Waals surface area contributed by atoms with Crippen LogP contribution in [0.5, 0.6) is 0 Å². The number of benzene rings is 1. The van der Waals surface area contributed by atoms with Crippen LogP contribution >= 0.6 is 0 Å². The third-order valence-electron chi connectivity index (χ3n) is 2.77. The predicted molar refractivity (Wildman–Crippen MR) is 56.7 cm³/mol. The van der Waals surface area contributed by atoms with Gasteiger partial charge in [0.15, 0.2) is 0 Å². The first-order valence-corrected chi connectivity index (χ1v) is 5.32. The van der Waals surface area contributed by atoms with Gasteiger partial charge >= 0.3 is 0 Å². The first-order chi connectivity index (χ1) is 6.86. The summed E-state index contributed by atoms with van der Waals surface area (Å²) in [7, 11) is 0. The van der Waals surface area contributed by atoms with Crippen molar-refractivity contribution >= 4 is 0 Å². The van der Waals surface area contributed by atoms with Crippen molar-refractivity contribution in [3.05, 3.63) is 35.9 Å². The van der Waals surface area contributed by atoms with Gasteiger partial charge in [0.2, 0.25) is 0 Å². The standard InChI is InChI=1S/C12H17NO/c13-12(10-6-2-1-3-7-10)14-11-8-4-5-9-11/h1-3,6-7,11-12H,4-5,8-9,13H2. The molecule has 0 aromatic heterocycles. The van der Waals surface area contributed by atoms with E-state index in [2.05, 4.69) is 0 Å². The molecule has 0 spiro atoms. The summed E-state index contributed by atoms with van der Waals surface area (Å²) in [5.74, 6) is 0. The quantitative estimate of drug-likeness (QED) is 0.745. The van der Waals surface area contributed by atoms with Gasteiger partial charge in [0.05, 0.1) is 6.10 Å². The second-order valence-electron chi connectivity index (χ2n) is 3.87. The fraction of sp³-hybridized carbons (Fsp3) is 0.500. The summed E-state index contributed by atoms with van der Waals surface area (Å²) in [5.41, 5.74) is 7.02. The summed E-state index contributed by atoms with van der Waals surface area (Å²) < 4.78 is 5.78. The minimum absolute atomic E-state index is 0.251. The van der Waals surface area contributed by atoms with Gasteiger partial charge in [-0.15, -0.1) is 0 Å². The number of hydrogen-bond acceptors (Lipinski definition) is 2. The van der Waals surface area contributed by atoms with Crippen LogP contribution in [-0.2, 0) is 4.74 Å². The van der Waals surface area contributed by atoms with Gasteiger partial charge in [-0.3, -0.25) is 0 Å². The van der Waals surface area contributed by atoms with Crippen molar-refractivity contribution in [3.63, 3.8) is 0 Å². The molecule has 0 heterocycles. The van der Waals surface area contributed by atoms with Crippen LogP contribution in [0.3, 0.4) is 0 Å². The Morgan fingerprint density at radius 3 is 2.43 bits per heavy atom. The van der Waals surface area contributed by atoms with E-state index >= 15 is 0 Å². The SMILES string of the molecule is NC(OC1CCCC1)c1ccccc1. The third kappa shape index (κ3) is 2.34. The Hall–Kier alpha value is -0.860. The van der Waals surface area contributed by atoms with Crippen molar-refractivity contribution < 1.29 is 4.74 Å². The normalized spacial score (nSPS) is 19.8. The van der Waals surface area contributed by atoms with Crippen LogP contribution in [0.25, 0.3) is 0 Å². The van der Waals surface area contributed by atoms with Crippen LogP contribution in [-0.4, -0.2) is 6.10 Å². The zero-order valence-electron chi connectivity index (χ0n) is 8.36. The second kappa shape index (κ2) is 4.58. The Balaban J connectivity index is 1.92. The Morgan fingerprint density at radius 2 is 1.79 bits per heavy atom. The van der Waals surface area contributed by atoms with Gasteiger partial charge in [-0.25, -0.2) is 0 Å². The number of rotatable bonds is 3. The summed E-state index contributed by atoms with van der Waals surface area (Å²) in [4.78, 5) is 0. The van der Waals surface area contributed by atoms with E-state index in [4.69, 9.17) is 10.5 Å². The smallest absolute Gasteiger partial charge is 0.132 e. The molecule has 1 aromatic carbocycles. The van der Waals surface area contributed by atoms with Crippen LogP contribution in [0.2, 0.25) is 0 Å². The number of hydrogen-bond donors (Lipinski definition) is 1. The van der Waals surface area contributed by atoms with Gasteiger partial charge in [-0.1, -0.05) is 43.2 Å². The van der Waals surface area contributed by atoms with Gasteiger partial charge < -0.3 is 10.5 Å². The van der Waals surface area contributed by atoms with Crippen molar-refractivity contribution in [2.45, 2.75) is 38.0 Å². The molecule has 0 radical (unpaired) electrons. The van der Waals surface area contributed by atoms with E-state index in [1.165, 1.54) is 25.7 Å². The van der Waals surface area contributed by atoms with Gasteiger partial charge in [-0.05, 0) is 18.4 Å². The monoisotopic (exact) mass is 191 g/mol. The maximum Gasteiger partial charge on any atom is 0.132 e. The zero-order valence-corrected chi connectivity index (χ0v) is 8.36. The van der Waals surface area contributed by atoms with E-state index in [0.717, 1.165) is 5.56 Å². The lowest BCUT2D eigenvalue weighted by molar-refractivity contribution is -0.00588. The van der Waals surface area contributed by atoms with E-state index in [0.29, 0.717) is 6.10 Å². The lowest BCUT2D eigenvalue weighted by atomic mass is 10.2. The lowest BCUT2D eigenvalue weighted by Crippen LogP contribution is -2.20. The molecule has 2 rings (SSSR count). The molecule has 2 N–H and O–H groups in total. The van der Waals surface area contributed by atoms with E-state index in [9.17, 15) is 0 Å². The molecule has 1 unspecified atom stereocenters. The Kier molecular flexibility index (Phi) is 3.17. The van der Waals surface area contributed by atoms with Crippen molar-refractivity contribution in [2.24, 2.45) is 5.73 Å². The summed E-state index contributed by atoms with van der Waals surface area (Å²) in [6, 6.07) is 10.0. The van der Waals surface area contributed by atoms with E-state index < -0.39 is 0 Å². The molecule has 2 heteroatoms. The zero-order chi connectivity index (χ0) is 9.80. The average Bonchev–Trinajstić information content (AvgIpc) is 2.72. The molecule has 1 atom stereocenters. The van der Waals surface area contributed by atoms with Crippen molar-refractivity contribution in [1.82, 2.24) is 0 Å². The van der Waals surface area contributed by atoms with Gasteiger partial charge in [-0.2, -0.15) is 0 Å². The average molecular weight is 191 g/mol. The fourth-order valence-corrected chi connectivity index (χ4v) is 1.95. The van der Waals surface area contributed by atoms with Crippen LogP contribution in [0, 0.1) is 0 Å². The van der Waals surface area contributed by atoms with Crippen LogP contribution in [0.4, 0.5) is 0 Å². The Bertz CT molecular complexity index is 267. The van der Waals surface area contributed by atoms with E-state index in [1.807, 2.05) is 30.3 Å². The summed E-state index contributed by atoms with van der Waals surface area (Å²) >= 11 is 0. The van der Waals surface area contributed by atoms with Crippen LogP contribution < -0.4 is 5.73 Å². The highest BCUT2D eigenvalue weighted by molar-refractivity contribution is 5.16. The van der Waals surface area contributed by atoms with E-state index in [-0.39, 0.29) is 6.23 Å². The van der Waals surface area contributed by atoms with Gasteiger partial charge in [0.25, 0.3) is 0 Å². The van der Waals surface area contributed by atoms with Crippen molar-refractivity contribution in [2.75, 3.05) is 0 Å². The molecule has 1 aromatic rings. The molecule has 0 saturated heterocycles. The molecule has 1 aliphatic carbocycles. The highest BCUT2D eigenvalue weighted by Crippen LogP contribution is 2.25. The Morgan fingerprint density at radius 1 is 1.14 bits per heavy atom. The molecule has 1 fully saturated rings. The maximum atomic E-state index is 5.95. The molecular weight excluding hydrogens is 174 g/mol. The first-order valence-electron chi connectivity index (χ1n) is 5.32. The van der Waals surface area contributed by atoms with Crippen LogP contribution in [0.1, 0.15) is 37.5 Å². The highest BCUT2D eigenvalue weighted by Gasteiger charge is 2.18. The third-order valence-corrected chi connectivity index (χ3v) is 2.77. The van der Waals surface area contributed by atoms with Crippen LogP contribution in [0.15, 0.2) is 30.3 Å². The molecular formula is C12H17NO. The first kappa shape index (κ1) is 9.69. The molecule has 0 aliphatic heterocycles. The topological polar surface area (TPSA) is 35.2 Å². The van der Waals surface area contributed by atoms with E-state index in [1.54, 1.807) is 0 Å². The largest absolute Gasteiger partial charge is 0.356 e. The summed E-state index contributed by atoms with van der Waals surface area (Å²) in [5, 5.41) is 0. The van der Waals surface area contributed by atoms with Crippen molar-refractivity contribution in [1.29, 1.82) is 0 Å². The molecule has 0 amide bonds.